The van der Waals surface area contributed by atoms with E-state index in [1.54, 1.807) is 12.1 Å². The number of aryl methyl sites for hydroxylation is 1. The number of carboxylic acid groups (broad SMARTS) is 1. The molecule has 2 amide bonds. The zero-order chi connectivity index (χ0) is 35.8. The molecule has 1 aliphatic carbocycles. The lowest BCUT2D eigenvalue weighted by atomic mass is 9.82. The van der Waals surface area contributed by atoms with Crippen LogP contribution in [0.5, 0.6) is 0 Å². The van der Waals surface area contributed by atoms with Crippen LogP contribution in [0.15, 0.2) is 60.7 Å². The first kappa shape index (κ1) is 36.2. The molecule has 264 valence electrons. The van der Waals surface area contributed by atoms with E-state index in [0.29, 0.717) is 42.9 Å². The average Bonchev–Trinajstić information content (AvgIpc) is 3.62. The fourth-order valence-electron chi connectivity index (χ4n) is 6.30. The number of hydrogen-bond acceptors (Lipinski definition) is 8. The van der Waals surface area contributed by atoms with Gasteiger partial charge in [0, 0.05) is 17.8 Å². The van der Waals surface area contributed by atoms with E-state index in [1.807, 2.05) is 83.1 Å². The Kier molecular flexibility index (Phi) is 11.6. The number of nitrogens with one attached hydrogen (secondary N) is 4. The van der Waals surface area contributed by atoms with E-state index in [1.165, 1.54) is 0 Å². The maximum Gasteiger partial charge on any atom is 0.407 e. The molecule has 12 nitrogen and oxygen atoms in total. The van der Waals surface area contributed by atoms with E-state index < -0.39 is 17.6 Å². The van der Waals surface area contributed by atoms with E-state index in [2.05, 4.69) is 36.6 Å². The summed E-state index contributed by atoms with van der Waals surface area (Å²) in [6, 6.07) is 18.2. The monoisotopic (exact) mass is 681 g/mol. The standard InChI is InChI=1S/C38H47N7O5/c1-23-18-30(36(47)48)20-32(24(23)2)28-12-10-25(11-13-28)19-33(35(46)41-31-16-14-29(15-17-31)34-42-44-45-43-34)39-21-26-6-8-27(9-7-26)22-40-37(49)50-38(3,4)5/h10-18,20,26-27,33,39H,6-9,19,21-22H2,1-5H3,(H,40,49)(H,41,46)(H,47,48)(H,42,43,44,45). The van der Waals surface area contributed by atoms with Crippen molar-refractivity contribution in [1.29, 1.82) is 0 Å². The Morgan fingerprint density at radius 3 is 2.16 bits per heavy atom. The van der Waals surface area contributed by atoms with Crippen molar-refractivity contribution in [1.82, 2.24) is 31.3 Å². The number of H-pyrrole nitrogens is 1. The number of carboxylic acids is 1. The molecule has 3 aromatic carbocycles. The maximum absolute atomic E-state index is 13.8. The first-order valence-electron chi connectivity index (χ1n) is 17.1. The molecule has 12 heteroatoms. The molecule has 1 aliphatic rings. The van der Waals surface area contributed by atoms with Gasteiger partial charge in [-0.3, -0.25) is 4.79 Å². The van der Waals surface area contributed by atoms with Gasteiger partial charge in [0.15, 0.2) is 0 Å². The first-order chi connectivity index (χ1) is 23.8. The second-order valence-corrected chi connectivity index (χ2v) is 14.2. The van der Waals surface area contributed by atoms with Gasteiger partial charge >= 0.3 is 12.1 Å². The van der Waals surface area contributed by atoms with Crippen LogP contribution in [-0.4, -0.2) is 68.4 Å². The number of alkyl carbamates (subject to hydrolysis) is 1. The van der Waals surface area contributed by atoms with E-state index in [0.717, 1.165) is 59.1 Å². The Morgan fingerprint density at radius 2 is 1.56 bits per heavy atom. The number of anilines is 1. The zero-order valence-electron chi connectivity index (χ0n) is 29.4. The largest absolute Gasteiger partial charge is 0.478 e. The van der Waals surface area contributed by atoms with Crippen LogP contribution in [0.1, 0.15) is 73.5 Å². The molecule has 1 atom stereocenters. The number of aromatic nitrogens is 4. The minimum atomic E-state index is -0.957. The predicted octanol–water partition coefficient (Wildman–Crippen LogP) is 6.32. The highest BCUT2D eigenvalue weighted by molar-refractivity contribution is 5.95. The van der Waals surface area contributed by atoms with Crippen LogP contribution in [0.3, 0.4) is 0 Å². The summed E-state index contributed by atoms with van der Waals surface area (Å²) >= 11 is 0. The maximum atomic E-state index is 13.8. The Labute approximate surface area is 292 Å². The number of hydrogen-bond donors (Lipinski definition) is 5. The highest BCUT2D eigenvalue weighted by atomic mass is 16.6. The van der Waals surface area contributed by atoms with E-state index in [-0.39, 0.29) is 17.6 Å². The summed E-state index contributed by atoms with van der Waals surface area (Å²) in [5.41, 5.74) is 5.90. The van der Waals surface area contributed by atoms with Crippen molar-refractivity contribution in [3.05, 3.63) is 82.9 Å². The normalized spacial score (nSPS) is 16.7. The van der Waals surface area contributed by atoms with Gasteiger partial charge in [-0.2, -0.15) is 5.21 Å². The summed E-state index contributed by atoms with van der Waals surface area (Å²) in [5.74, 6) is 0.183. The highest BCUT2D eigenvalue weighted by Gasteiger charge is 2.26. The molecule has 1 aromatic heterocycles. The third-order valence-corrected chi connectivity index (χ3v) is 9.24. The number of aromatic amines is 1. The van der Waals surface area contributed by atoms with Gasteiger partial charge in [-0.25, -0.2) is 9.59 Å². The van der Waals surface area contributed by atoms with Crippen molar-refractivity contribution >= 4 is 23.7 Å². The molecule has 4 aromatic rings. The molecule has 0 spiro atoms. The summed E-state index contributed by atoms with van der Waals surface area (Å²) in [4.78, 5) is 37.6. The summed E-state index contributed by atoms with van der Waals surface area (Å²) in [7, 11) is 0. The van der Waals surface area contributed by atoms with Gasteiger partial charge in [-0.1, -0.05) is 24.3 Å². The second-order valence-electron chi connectivity index (χ2n) is 14.2. The van der Waals surface area contributed by atoms with Crippen molar-refractivity contribution in [3.8, 4) is 22.5 Å². The van der Waals surface area contributed by atoms with Crippen LogP contribution >= 0.6 is 0 Å². The van der Waals surface area contributed by atoms with Crippen molar-refractivity contribution in [3.63, 3.8) is 0 Å². The number of amides is 2. The van der Waals surface area contributed by atoms with Gasteiger partial charge in [0.05, 0.1) is 11.6 Å². The predicted molar refractivity (Wildman–Crippen MR) is 192 cm³/mol. The van der Waals surface area contributed by atoms with E-state index in [9.17, 15) is 19.5 Å². The molecule has 0 aliphatic heterocycles. The van der Waals surface area contributed by atoms with Crippen LogP contribution in [0.4, 0.5) is 10.5 Å². The van der Waals surface area contributed by atoms with Crippen LogP contribution in [0.2, 0.25) is 0 Å². The summed E-state index contributed by atoms with van der Waals surface area (Å²) in [6.07, 6.45) is 4.08. The molecule has 5 N–H and O–H groups in total. The average molecular weight is 682 g/mol. The van der Waals surface area contributed by atoms with Crippen LogP contribution < -0.4 is 16.0 Å². The Hall–Kier alpha value is -5.10. The molecule has 1 fully saturated rings. The molecular weight excluding hydrogens is 634 g/mol. The highest BCUT2D eigenvalue weighted by Crippen LogP contribution is 2.30. The minimum absolute atomic E-state index is 0.141. The smallest absolute Gasteiger partial charge is 0.407 e. The van der Waals surface area contributed by atoms with Crippen molar-refractivity contribution < 1.29 is 24.2 Å². The number of aromatic carboxylic acids is 1. The summed E-state index contributed by atoms with van der Waals surface area (Å²) in [5, 5.41) is 33.2. The minimum Gasteiger partial charge on any atom is -0.478 e. The lowest BCUT2D eigenvalue weighted by Crippen LogP contribution is -2.44. The quantitative estimate of drug-likeness (QED) is 0.115. The molecule has 0 saturated heterocycles. The Balaban J connectivity index is 1.24. The molecule has 1 heterocycles. The zero-order valence-corrected chi connectivity index (χ0v) is 29.4. The third-order valence-electron chi connectivity index (χ3n) is 9.24. The number of nitrogens with zero attached hydrogens (tertiary/aromatic N) is 3. The van der Waals surface area contributed by atoms with Gasteiger partial charge in [-0.15, -0.1) is 10.2 Å². The molecule has 1 unspecified atom stereocenters. The number of tetrazole rings is 1. The topological polar surface area (TPSA) is 171 Å². The molecular formula is C38H47N7O5. The lowest BCUT2D eigenvalue weighted by Gasteiger charge is -2.30. The van der Waals surface area contributed by atoms with Gasteiger partial charge < -0.3 is 25.8 Å². The fourth-order valence-corrected chi connectivity index (χ4v) is 6.30. The first-order valence-corrected chi connectivity index (χ1v) is 17.1. The fraction of sp³-hybridized carbons (Fsp3) is 0.421. The van der Waals surface area contributed by atoms with Gasteiger partial charge in [-0.05, 0) is 155 Å². The summed E-state index contributed by atoms with van der Waals surface area (Å²) < 4.78 is 5.37. The number of ether oxygens (including phenoxy) is 1. The van der Waals surface area contributed by atoms with Crippen molar-refractivity contribution in [2.24, 2.45) is 11.8 Å². The molecule has 1 saturated carbocycles. The van der Waals surface area contributed by atoms with E-state index >= 15 is 0 Å². The lowest BCUT2D eigenvalue weighted by molar-refractivity contribution is -0.118. The van der Waals surface area contributed by atoms with Crippen LogP contribution in [0, 0.1) is 25.7 Å². The van der Waals surface area contributed by atoms with Gasteiger partial charge in [0.2, 0.25) is 11.7 Å². The number of carbonyl (C=O) groups is 3. The third kappa shape index (κ3) is 9.97. The molecule has 50 heavy (non-hydrogen) atoms. The number of rotatable bonds is 12. The van der Waals surface area contributed by atoms with Crippen molar-refractivity contribution in [2.75, 3.05) is 18.4 Å². The second kappa shape index (κ2) is 16.1. The Bertz CT molecular complexity index is 1760. The van der Waals surface area contributed by atoms with Gasteiger partial charge in [0.1, 0.15) is 5.60 Å². The number of carbonyl (C=O) groups excluding carboxylic acids is 2. The molecule has 0 bridgehead atoms. The summed E-state index contributed by atoms with van der Waals surface area (Å²) in [6.45, 7) is 10.8. The van der Waals surface area contributed by atoms with E-state index in [4.69, 9.17) is 4.74 Å². The Morgan fingerprint density at radius 1 is 0.920 bits per heavy atom. The number of benzene rings is 3. The molecule has 0 radical (unpaired) electrons. The van der Waals surface area contributed by atoms with Crippen LogP contribution in [-0.2, 0) is 16.0 Å². The molecule has 5 rings (SSSR count). The SMILES string of the molecule is Cc1cc(C(=O)O)cc(-c2ccc(CC(NCC3CCC(CNC(=O)OC(C)(C)C)CC3)C(=O)Nc3ccc(-c4nn[nH]n4)cc3)cc2)c1C. The van der Waals surface area contributed by atoms with Gasteiger partial charge in [0.25, 0.3) is 0 Å². The van der Waals surface area contributed by atoms with Crippen molar-refractivity contribution in [2.45, 2.75) is 78.4 Å². The van der Waals surface area contributed by atoms with Crippen LogP contribution in [0.25, 0.3) is 22.5 Å².